The number of hydrogen-bond donors (Lipinski definition) is 1. The normalized spacial score (nSPS) is 14.1. The second kappa shape index (κ2) is 7.01. The van der Waals surface area contributed by atoms with Crippen molar-refractivity contribution < 1.29 is 4.74 Å². The molecule has 0 spiro atoms. The van der Waals surface area contributed by atoms with Gasteiger partial charge in [0, 0.05) is 32.2 Å². The molecule has 1 rings (SSSR count). The zero-order chi connectivity index (χ0) is 14.5. The highest BCUT2D eigenvalue weighted by atomic mass is 16.5. The van der Waals surface area contributed by atoms with Crippen molar-refractivity contribution in [3.63, 3.8) is 0 Å². The Hall–Kier alpha value is -0.940. The fourth-order valence-electron chi connectivity index (χ4n) is 2.20. The van der Waals surface area contributed by atoms with Crippen molar-refractivity contribution >= 4 is 0 Å². The van der Waals surface area contributed by atoms with E-state index in [0.29, 0.717) is 12.1 Å². The van der Waals surface area contributed by atoms with Crippen molar-refractivity contribution in [3.05, 3.63) is 12.2 Å². The lowest BCUT2D eigenvalue weighted by molar-refractivity contribution is 0.00864. The monoisotopic (exact) mass is 268 g/mol. The third kappa shape index (κ3) is 5.28. The Morgan fingerprint density at radius 3 is 2.63 bits per heavy atom. The van der Waals surface area contributed by atoms with Crippen LogP contribution >= 0.6 is 0 Å². The molecule has 5 heteroatoms. The molecular weight excluding hydrogens is 240 g/mol. The van der Waals surface area contributed by atoms with E-state index >= 15 is 0 Å². The number of hydrogen-bond acceptors (Lipinski definition) is 4. The molecule has 19 heavy (non-hydrogen) atoms. The molecular formula is C14H28N4O. The molecule has 0 aromatic carbocycles. The van der Waals surface area contributed by atoms with Gasteiger partial charge in [-0.2, -0.15) is 0 Å². The van der Waals surface area contributed by atoms with E-state index in [4.69, 9.17) is 4.74 Å². The highest BCUT2D eigenvalue weighted by Crippen LogP contribution is 2.15. The van der Waals surface area contributed by atoms with Crippen LogP contribution in [0.4, 0.5) is 0 Å². The van der Waals surface area contributed by atoms with Gasteiger partial charge in [-0.05, 0) is 41.0 Å². The smallest absolute Gasteiger partial charge is 0.134 e. The van der Waals surface area contributed by atoms with E-state index in [1.807, 2.05) is 0 Å². The zero-order valence-electron chi connectivity index (χ0n) is 13.1. The van der Waals surface area contributed by atoms with Crippen LogP contribution in [0, 0.1) is 0 Å². The zero-order valence-corrected chi connectivity index (χ0v) is 13.1. The SMILES string of the molecule is COC(C)(C)C[C@@H](C)NCCc1nncn1C(C)C. The highest BCUT2D eigenvalue weighted by Gasteiger charge is 2.19. The minimum Gasteiger partial charge on any atom is -0.379 e. The van der Waals surface area contributed by atoms with Crippen LogP contribution in [0.3, 0.4) is 0 Å². The van der Waals surface area contributed by atoms with Gasteiger partial charge in [0.25, 0.3) is 0 Å². The molecule has 0 radical (unpaired) electrons. The molecule has 1 atom stereocenters. The van der Waals surface area contributed by atoms with Crippen molar-refractivity contribution in [2.75, 3.05) is 13.7 Å². The maximum atomic E-state index is 5.44. The number of rotatable bonds is 8. The summed E-state index contributed by atoms with van der Waals surface area (Å²) in [6.45, 7) is 11.6. The number of nitrogens with zero attached hydrogens (tertiary/aromatic N) is 3. The van der Waals surface area contributed by atoms with Crippen molar-refractivity contribution in [3.8, 4) is 0 Å². The van der Waals surface area contributed by atoms with Gasteiger partial charge in [0.15, 0.2) is 0 Å². The molecule has 110 valence electrons. The molecule has 0 amide bonds. The van der Waals surface area contributed by atoms with Gasteiger partial charge in [0.2, 0.25) is 0 Å². The Kier molecular flexibility index (Phi) is 5.94. The van der Waals surface area contributed by atoms with Crippen LogP contribution in [0.1, 0.15) is 52.9 Å². The molecule has 0 aliphatic heterocycles. The summed E-state index contributed by atoms with van der Waals surface area (Å²) in [5, 5.41) is 11.7. The van der Waals surface area contributed by atoms with E-state index in [0.717, 1.165) is 25.2 Å². The third-order valence-corrected chi connectivity index (χ3v) is 3.40. The van der Waals surface area contributed by atoms with Crippen LogP contribution in [-0.2, 0) is 11.2 Å². The number of ether oxygens (including phenoxy) is 1. The summed E-state index contributed by atoms with van der Waals surface area (Å²) < 4.78 is 7.56. The van der Waals surface area contributed by atoms with Crippen LogP contribution < -0.4 is 5.32 Å². The van der Waals surface area contributed by atoms with E-state index in [1.165, 1.54) is 0 Å². The summed E-state index contributed by atoms with van der Waals surface area (Å²) >= 11 is 0. The topological polar surface area (TPSA) is 52.0 Å². The van der Waals surface area contributed by atoms with Crippen LogP contribution in [0.15, 0.2) is 6.33 Å². The minimum absolute atomic E-state index is 0.0790. The third-order valence-electron chi connectivity index (χ3n) is 3.40. The largest absolute Gasteiger partial charge is 0.379 e. The molecule has 1 aromatic rings. The summed E-state index contributed by atoms with van der Waals surface area (Å²) in [6, 6.07) is 0.834. The van der Waals surface area contributed by atoms with Crippen LogP contribution in [-0.4, -0.2) is 40.1 Å². The van der Waals surface area contributed by atoms with Crippen LogP contribution in [0.25, 0.3) is 0 Å². The number of nitrogens with one attached hydrogen (secondary N) is 1. The molecule has 1 heterocycles. The highest BCUT2D eigenvalue weighted by molar-refractivity contribution is 4.89. The first-order valence-electron chi connectivity index (χ1n) is 7.02. The summed E-state index contributed by atoms with van der Waals surface area (Å²) in [7, 11) is 1.76. The van der Waals surface area contributed by atoms with Gasteiger partial charge in [0.05, 0.1) is 5.60 Å². The predicted octanol–water partition coefficient (Wildman–Crippen LogP) is 2.19. The average molecular weight is 268 g/mol. The maximum absolute atomic E-state index is 5.44. The van der Waals surface area contributed by atoms with Crippen molar-refractivity contribution in [1.82, 2.24) is 20.1 Å². The predicted molar refractivity (Wildman–Crippen MR) is 77.3 cm³/mol. The first-order chi connectivity index (χ1) is 8.85. The van der Waals surface area contributed by atoms with Crippen LogP contribution in [0.2, 0.25) is 0 Å². The quantitative estimate of drug-likeness (QED) is 0.785. The van der Waals surface area contributed by atoms with Gasteiger partial charge in [-0.25, -0.2) is 0 Å². The lowest BCUT2D eigenvalue weighted by atomic mass is 10.00. The molecule has 0 aliphatic rings. The van der Waals surface area contributed by atoms with E-state index in [1.54, 1.807) is 13.4 Å². The Morgan fingerprint density at radius 2 is 2.05 bits per heavy atom. The molecule has 0 aliphatic carbocycles. The van der Waals surface area contributed by atoms with Gasteiger partial charge in [-0.3, -0.25) is 0 Å². The standard InChI is InChI=1S/C14H28N4O/c1-11(2)18-10-16-17-13(18)7-8-15-12(3)9-14(4,5)19-6/h10-12,15H,7-9H2,1-6H3/t12-/m1/s1. The maximum Gasteiger partial charge on any atom is 0.134 e. The fourth-order valence-corrected chi connectivity index (χ4v) is 2.20. The molecule has 0 bridgehead atoms. The van der Waals surface area contributed by atoms with E-state index < -0.39 is 0 Å². The molecule has 0 unspecified atom stereocenters. The lowest BCUT2D eigenvalue weighted by Gasteiger charge is -2.27. The van der Waals surface area contributed by atoms with Gasteiger partial charge < -0.3 is 14.6 Å². The fraction of sp³-hybridized carbons (Fsp3) is 0.857. The van der Waals surface area contributed by atoms with Gasteiger partial charge in [-0.1, -0.05) is 0 Å². The second-order valence-corrected chi connectivity index (χ2v) is 6.02. The summed E-state index contributed by atoms with van der Waals surface area (Å²) in [5.41, 5.74) is -0.0790. The van der Waals surface area contributed by atoms with Crippen LogP contribution in [0.5, 0.6) is 0 Å². The summed E-state index contributed by atoms with van der Waals surface area (Å²) in [4.78, 5) is 0. The minimum atomic E-state index is -0.0790. The lowest BCUT2D eigenvalue weighted by Crippen LogP contribution is -2.36. The Balaban J connectivity index is 2.36. The van der Waals surface area contributed by atoms with Gasteiger partial charge in [-0.15, -0.1) is 10.2 Å². The average Bonchev–Trinajstić information content (AvgIpc) is 2.77. The van der Waals surface area contributed by atoms with Crippen molar-refractivity contribution in [2.24, 2.45) is 0 Å². The van der Waals surface area contributed by atoms with E-state index in [2.05, 4.69) is 54.7 Å². The first-order valence-corrected chi connectivity index (χ1v) is 7.02. The Bertz CT molecular complexity index is 373. The Morgan fingerprint density at radius 1 is 1.37 bits per heavy atom. The molecule has 1 aromatic heterocycles. The summed E-state index contributed by atoms with van der Waals surface area (Å²) in [6.07, 6.45) is 3.69. The van der Waals surface area contributed by atoms with Crippen molar-refractivity contribution in [1.29, 1.82) is 0 Å². The summed E-state index contributed by atoms with van der Waals surface area (Å²) in [5.74, 6) is 1.04. The van der Waals surface area contributed by atoms with E-state index in [9.17, 15) is 0 Å². The van der Waals surface area contributed by atoms with Crippen molar-refractivity contribution in [2.45, 2.75) is 65.1 Å². The number of methoxy groups -OCH3 is 1. The first kappa shape index (κ1) is 16.1. The Labute approximate surface area is 116 Å². The van der Waals surface area contributed by atoms with Gasteiger partial charge >= 0.3 is 0 Å². The molecule has 5 nitrogen and oxygen atoms in total. The van der Waals surface area contributed by atoms with Gasteiger partial charge in [0.1, 0.15) is 12.2 Å². The molecule has 0 saturated heterocycles. The molecule has 1 N–H and O–H groups in total. The number of aromatic nitrogens is 3. The molecule has 0 fully saturated rings. The second-order valence-electron chi connectivity index (χ2n) is 6.02. The van der Waals surface area contributed by atoms with E-state index in [-0.39, 0.29) is 5.60 Å². The molecule has 0 saturated carbocycles.